The molecule has 0 unspecified atom stereocenters. The van der Waals surface area contributed by atoms with Crippen molar-refractivity contribution in [2.24, 2.45) is 0 Å². The molecule has 0 radical (unpaired) electrons. The van der Waals surface area contributed by atoms with E-state index in [1.165, 1.54) is 6.92 Å². The molecule has 0 saturated heterocycles. The molecule has 0 spiro atoms. The molecule has 1 atom stereocenters. The van der Waals surface area contributed by atoms with Crippen LogP contribution in [0.2, 0.25) is 0 Å². The number of anilines is 1. The van der Waals surface area contributed by atoms with Crippen LogP contribution in [0, 0.1) is 13.8 Å². The number of rotatable bonds is 5. The van der Waals surface area contributed by atoms with Gasteiger partial charge in [0, 0.05) is 30.8 Å². The molecule has 6 nitrogen and oxygen atoms in total. The quantitative estimate of drug-likeness (QED) is 0.668. The SMILES string of the molecule is CC(=O)NC[C@H](C)Nc1nc(-c2ccccc2)nc2[nH]c(C)c(C)c12. The molecule has 130 valence electrons. The van der Waals surface area contributed by atoms with Gasteiger partial charge in [-0.15, -0.1) is 0 Å². The lowest BCUT2D eigenvalue weighted by atomic mass is 10.1. The van der Waals surface area contributed by atoms with Gasteiger partial charge in [0.05, 0.1) is 5.39 Å². The predicted octanol–water partition coefficient (Wildman–Crippen LogP) is 3.18. The van der Waals surface area contributed by atoms with Crippen molar-refractivity contribution in [3.05, 3.63) is 41.6 Å². The van der Waals surface area contributed by atoms with Crippen molar-refractivity contribution in [1.29, 1.82) is 0 Å². The van der Waals surface area contributed by atoms with Crippen LogP contribution in [0.1, 0.15) is 25.1 Å². The highest BCUT2D eigenvalue weighted by Crippen LogP contribution is 2.29. The van der Waals surface area contributed by atoms with Crippen molar-refractivity contribution in [3.63, 3.8) is 0 Å². The maximum atomic E-state index is 11.1. The summed E-state index contributed by atoms with van der Waals surface area (Å²) >= 11 is 0. The summed E-state index contributed by atoms with van der Waals surface area (Å²) in [6.45, 7) is 8.15. The van der Waals surface area contributed by atoms with E-state index in [2.05, 4.69) is 22.5 Å². The fraction of sp³-hybridized carbons (Fsp3) is 0.316. The first-order chi connectivity index (χ1) is 12.0. The number of amides is 1. The van der Waals surface area contributed by atoms with Gasteiger partial charge in [0.15, 0.2) is 5.82 Å². The van der Waals surface area contributed by atoms with Gasteiger partial charge in [-0.1, -0.05) is 30.3 Å². The van der Waals surface area contributed by atoms with Gasteiger partial charge in [-0.2, -0.15) is 0 Å². The zero-order chi connectivity index (χ0) is 18.0. The van der Waals surface area contributed by atoms with Crippen LogP contribution < -0.4 is 10.6 Å². The summed E-state index contributed by atoms with van der Waals surface area (Å²) in [6.07, 6.45) is 0. The van der Waals surface area contributed by atoms with Gasteiger partial charge in [0.2, 0.25) is 5.91 Å². The second-order valence-electron chi connectivity index (χ2n) is 6.34. The zero-order valence-corrected chi connectivity index (χ0v) is 15.0. The normalized spacial score (nSPS) is 12.2. The summed E-state index contributed by atoms with van der Waals surface area (Å²) < 4.78 is 0. The van der Waals surface area contributed by atoms with Crippen molar-refractivity contribution >= 4 is 22.8 Å². The van der Waals surface area contributed by atoms with Crippen LogP contribution >= 0.6 is 0 Å². The van der Waals surface area contributed by atoms with Crippen molar-refractivity contribution in [3.8, 4) is 11.4 Å². The average molecular weight is 337 g/mol. The summed E-state index contributed by atoms with van der Waals surface area (Å²) in [5.74, 6) is 1.41. The minimum absolute atomic E-state index is 0.0415. The van der Waals surface area contributed by atoms with Gasteiger partial charge in [-0.25, -0.2) is 9.97 Å². The molecule has 0 aliphatic heterocycles. The highest BCUT2D eigenvalue weighted by molar-refractivity contribution is 5.92. The Morgan fingerprint density at radius 2 is 1.92 bits per heavy atom. The summed E-state index contributed by atoms with van der Waals surface area (Å²) in [6, 6.07) is 9.95. The number of benzene rings is 1. The van der Waals surface area contributed by atoms with Crippen LogP contribution in [0.5, 0.6) is 0 Å². The zero-order valence-electron chi connectivity index (χ0n) is 15.0. The first-order valence-electron chi connectivity index (χ1n) is 8.39. The number of carbonyl (C=O) groups is 1. The van der Waals surface area contributed by atoms with Crippen LogP contribution in [0.25, 0.3) is 22.4 Å². The van der Waals surface area contributed by atoms with E-state index in [0.717, 1.165) is 33.7 Å². The Kier molecular flexibility index (Phi) is 4.70. The van der Waals surface area contributed by atoms with E-state index in [4.69, 9.17) is 9.97 Å². The third-order valence-electron chi connectivity index (χ3n) is 4.22. The molecule has 0 fully saturated rings. The van der Waals surface area contributed by atoms with Gasteiger partial charge in [0.25, 0.3) is 0 Å². The lowest BCUT2D eigenvalue weighted by Gasteiger charge is -2.16. The van der Waals surface area contributed by atoms with E-state index < -0.39 is 0 Å². The molecule has 6 heteroatoms. The number of nitrogens with zero attached hydrogens (tertiary/aromatic N) is 2. The highest BCUT2D eigenvalue weighted by atomic mass is 16.1. The van der Waals surface area contributed by atoms with Crippen LogP contribution in [-0.4, -0.2) is 33.4 Å². The largest absolute Gasteiger partial charge is 0.365 e. The maximum Gasteiger partial charge on any atom is 0.216 e. The monoisotopic (exact) mass is 337 g/mol. The van der Waals surface area contributed by atoms with Crippen LogP contribution in [0.3, 0.4) is 0 Å². The minimum Gasteiger partial charge on any atom is -0.365 e. The Morgan fingerprint density at radius 1 is 1.20 bits per heavy atom. The predicted molar refractivity (Wildman–Crippen MR) is 101 cm³/mol. The standard InChI is InChI=1S/C19H23N5O/c1-11(10-20-14(4)25)21-18-16-12(2)13(3)22-19(16)24-17(23-18)15-8-6-5-7-9-15/h5-9,11H,10H2,1-4H3,(H,20,25)(H2,21,22,23,24)/t11-/m0/s1. The first-order valence-corrected chi connectivity index (χ1v) is 8.39. The fourth-order valence-electron chi connectivity index (χ4n) is 2.77. The van der Waals surface area contributed by atoms with Crippen molar-refractivity contribution in [1.82, 2.24) is 20.3 Å². The molecule has 2 heterocycles. The highest BCUT2D eigenvalue weighted by Gasteiger charge is 2.16. The van der Waals surface area contributed by atoms with Gasteiger partial charge < -0.3 is 15.6 Å². The Balaban J connectivity index is 2.03. The molecule has 0 saturated carbocycles. The minimum atomic E-state index is -0.0415. The number of aromatic nitrogens is 3. The molecule has 0 aliphatic carbocycles. The number of aryl methyl sites for hydroxylation is 2. The molecule has 3 rings (SSSR count). The Labute approximate surface area is 147 Å². The molecule has 3 aromatic rings. The van der Waals surface area contributed by atoms with E-state index >= 15 is 0 Å². The molecule has 0 bridgehead atoms. The summed E-state index contributed by atoms with van der Waals surface area (Å²) in [5, 5.41) is 7.24. The van der Waals surface area contributed by atoms with Crippen LogP contribution in [0.15, 0.2) is 30.3 Å². The van der Waals surface area contributed by atoms with Crippen LogP contribution in [0.4, 0.5) is 5.82 Å². The molecule has 3 N–H and O–H groups in total. The molecule has 2 aromatic heterocycles. The second-order valence-corrected chi connectivity index (χ2v) is 6.34. The number of H-pyrrole nitrogens is 1. The van der Waals surface area contributed by atoms with E-state index in [9.17, 15) is 4.79 Å². The number of fused-ring (bicyclic) bond motifs is 1. The molecule has 1 amide bonds. The average Bonchev–Trinajstić information content (AvgIpc) is 2.88. The van der Waals surface area contributed by atoms with E-state index in [-0.39, 0.29) is 11.9 Å². The second kappa shape index (κ2) is 6.93. The van der Waals surface area contributed by atoms with Gasteiger partial charge in [0.1, 0.15) is 11.5 Å². The van der Waals surface area contributed by atoms with Gasteiger partial charge in [-0.3, -0.25) is 4.79 Å². The third kappa shape index (κ3) is 3.63. The topological polar surface area (TPSA) is 82.7 Å². The number of nitrogens with one attached hydrogen (secondary N) is 3. The number of hydrogen-bond acceptors (Lipinski definition) is 4. The summed E-state index contributed by atoms with van der Waals surface area (Å²) in [4.78, 5) is 23.9. The lowest BCUT2D eigenvalue weighted by Crippen LogP contribution is -2.33. The molecular weight excluding hydrogens is 314 g/mol. The van der Waals surface area contributed by atoms with E-state index in [1.807, 2.05) is 44.2 Å². The molecule has 25 heavy (non-hydrogen) atoms. The van der Waals surface area contributed by atoms with Crippen LogP contribution in [-0.2, 0) is 4.79 Å². The first kappa shape index (κ1) is 17.0. The van der Waals surface area contributed by atoms with Crippen molar-refractivity contribution in [2.45, 2.75) is 33.7 Å². The molecular formula is C19H23N5O. The Hall–Kier alpha value is -2.89. The van der Waals surface area contributed by atoms with Crippen molar-refractivity contribution in [2.75, 3.05) is 11.9 Å². The molecule has 1 aromatic carbocycles. The number of hydrogen-bond donors (Lipinski definition) is 3. The summed E-state index contributed by atoms with van der Waals surface area (Å²) in [7, 11) is 0. The van der Waals surface area contributed by atoms with E-state index in [0.29, 0.717) is 12.4 Å². The van der Waals surface area contributed by atoms with E-state index in [1.54, 1.807) is 0 Å². The molecule has 0 aliphatic rings. The van der Waals surface area contributed by atoms with Gasteiger partial charge >= 0.3 is 0 Å². The van der Waals surface area contributed by atoms with Gasteiger partial charge in [-0.05, 0) is 26.3 Å². The maximum absolute atomic E-state index is 11.1. The summed E-state index contributed by atoms with van der Waals surface area (Å²) in [5.41, 5.74) is 3.99. The van der Waals surface area contributed by atoms with Crippen molar-refractivity contribution < 1.29 is 4.79 Å². The fourth-order valence-corrected chi connectivity index (χ4v) is 2.77. The number of aromatic amines is 1. The lowest BCUT2D eigenvalue weighted by molar-refractivity contribution is -0.118. The Bertz CT molecular complexity index is 901. The Morgan fingerprint density at radius 3 is 2.60 bits per heavy atom. The smallest absolute Gasteiger partial charge is 0.216 e. The number of carbonyl (C=O) groups excluding carboxylic acids is 1. The third-order valence-corrected chi connectivity index (χ3v) is 4.22.